The van der Waals surface area contributed by atoms with E-state index in [-0.39, 0.29) is 5.91 Å². The van der Waals surface area contributed by atoms with Crippen LogP contribution in [-0.4, -0.2) is 27.2 Å². The third-order valence-electron chi connectivity index (χ3n) is 6.18. The van der Waals surface area contributed by atoms with Crippen molar-refractivity contribution in [3.63, 3.8) is 0 Å². The van der Waals surface area contributed by atoms with Crippen molar-refractivity contribution in [2.24, 2.45) is 30.2 Å². The summed E-state index contributed by atoms with van der Waals surface area (Å²) in [4.78, 5) is 12.4. The summed E-state index contributed by atoms with van der Waals surface area (Å²) < 4.78 is 1.91. The van der Waals surface area contributed by atoms with E-state index in [1.165, 1.54) is 38.5 Å². The number of nitrogens with zero attached hydrogens (tertiary/aromatic N) is 3. The van der Waals surface area contributed by atoms with E-state index in [2.05, 4.69) is 15.5 Å². The van der Waals surface area contributed by atoms with Crippen molar-refractivity contribution >= 4 is 5.91 Å². The van der Waals surface area contributed by atoms with Gasteiger partial charge in [-0.05, 0) is 61.7 Å². The van der Waals surface area contributed by atoms with Crippen LogP contribution in [0.5, 0.6) is 0 Å². The van der Waals surface area contributed by atoms with Crippen molar-refractivity contribution in [1.82, 2.24) is 20.1 Å². The summed E-state index contributed by atoms with van der Waals surface area (Å²) in [6.07, 6.45) is 11.4. The molecule has 0 unspecified atom stereocenters. The fraction of sp³-hybridized carbons (Fsp3) is 0.824. The molecule has 4 bridgehead atoms. The Kier molecular flexibility index (Phi) is 3.46. The molecule has 5 nitrogen and oxygen atoms in total. The minimum Gasteiger partial charge on any atom is -0.356 e. The van der Waals surface area contributed by atoms with Crippen LogP contribution >= 0.6 is 0 Å². The number of carbonyl (C=O) groups is 1. The Balaban J connectivity index is 1.30. The second kappa shape index (κ2) is 5.36. The minimum atomic E-state index is 0.240. The van der Waals surface area contributed by atoms with Gasteiger partial charge >= 0.3 is 0 Å². The maximum absolute atomic E-state index is 12.4. The van der Waals surface area contributed by atoms with Crippen molar-refractivity contribution in [3.8, 4) is 0 Å². The molecule has 0 atom stereocenters. The molecule has 1 aromatic rings. The molecule has 120 valence electrons. The predicted octanol–water partition coefficient (Wildman–Crippen LogP) is 2.08. The lowest BCUT2D eigenvalue weighted by atomic mass is 9.49. The van der Waals surface area contributed by atoms with Crippen molar-refractivity contribution in [3.05, 3.63) is 12.2 Å². The van der Waals surface area contributed by atoms with Crippen LogP contribution in [0, 0.1) is 23.2 Å². The van der Waals surface area contributed by atoms with E-state index in [0.717, 1.165) is 36.4 Å². The summed E-state index contributed by atoms with van der Waals surface area (Å²) in [6.45, 7) is 0.664. The van der Waals surface area contributed by atoms with Gasteiger partial charge < -0.3 is 9.88 Å². The van der Waals surface area contributed by atoms with Crippen LogP contribution in [0.25, 0.3) is 0 Å². The molecule has 5 heteroatoms. The van der Waals surface area contributed by atoms with Gasteiger partial charge in [-0.25, -0.2) is 0 Å². The van der Waals surface area contributed by atoms with Gasteiger partial charge in [-0.15, -0.1) is 10.2 Å². The van der Waals surface area contributed by atoms with Crippen LogP contribution < -0.4 is 5.32 Å². The van der Waals surface area contributed by atoms with Gasteiger partial charge in [0.15, 0.2) is 0 Å². The summed E-state index contributed by atoms with van der Waals surface area (Å²) >= 11 is 0. The summed E-state index contributed by atoms with van der Waals surface area (Å²) in [6, 6.07) is 0. The van der Waals surface area contributed by atoms with Crippen molar-refractivity contribution < 1.29 is 4.79 Å². The molecule has 1 heterocycles. The number of nitrogens with one attached hydrogen (secondary N) is 1. The van der Waals surface area contributed by atoms with Crippen LogP contribution in [0.2, 0.25) is 0 Å². The Hall–Kier alpha value is -1.39. The number of hydrogen-bond acceptors (Lipinski definition) is 3. The van der Waals surface area contributed by atoms with Crippen molar-refractivity contribution in [2.75, 3.05) is 6.54 Å². The lowest BCUT2D eigenvalue weighted by molar-refractivity contribution is -0.129. The highest BCUT2D eigenvalue weighted by Crippen LogP contribution is 2.61. The van der Waals surface area contributed by atoms with E-state index < -0.39 is 0 Å². The molecule has 4 fully saturated rings. The molecule has 1 aromatic heterocycles. The SMILES string of the molecule is Cn1cnnc1CCNC(=O)CC12CC3CC(CC(C3)C1)C2. The monoisotopic (exact) mass is 302 g/mol. The Labute approximate surface area is 131 Å². The zero-order valence-electron chi connectivity index (χ0n) is 13.4. The first-order valence-electron chi connectivity index (χ1n) is 8.71. The zero-order chi connectivity index (χ0) is 15.2. The Morgan fingerprint density at radius 2 is 1.91 bits per heavy atom. The Morgan fingerprint density at radius 1 is 1.27 bits per heavy atom. The fourth-order valence-electron chi connectivity index (χ4n) is 5.76. The maximum Gasteiger partial charge on any atom is 0.220 e. The van der Waals surface area contributed by atoms with Crippen molar-refractivity contribution in [1.29, 1.82) is 0 Å². The third-order valence-corrected chi connectivity index (χ3v) is 6.18. The second-order valence-corrected chi connectivity index (χ2v) is 8.05. The smallest absolute Gasteiger partial charge is 0.220 e. The third kappa shape index (κ3) is 2.66. The van der Waals surface area contributed by atoms with E-state index >= 15 is 0 Å². The lowest BCUT2D eigenvalue weighted by Gasteiger charge is -2.56. The lowest BCUT2D eigenvalue weighted by Crippen LogP contribution is -2.48. The first-order chi connectivity index (χ1) is 10.6. The van der Waals surface area contributed by atoms with Gasteiger partial charge in [-0.1, -0.05) is 0 Å². The van der Waals surface area contributed by atoms with Crippen LogP contribution in [0.4, 0.5) is 0 Å². The molecule has 4 saturated carbocycles. The van der Waals surface area contributed by atoms with E-state index in [4.69, 9.17) is 0 Å². The number of carbonyl (C=O) groups excluding carboxylic acids is 1. The zero-order valence-corrected chi connectivity index (χ0v) is 13.4. The molecule has 1 N–H and O–H groups in total. The van der Waals surface area contributed by atoms with Gasteiger partial charge in [-0.3, -0.25) is 4.79 Å². The molecule has 5 rings (SSSR count). The molecule has 0 aliphatic heterocycles. The van der Waals surface area contributed by atoms with Gasteiger partial charge in [-0.2, -0.15) is 0 Å². The Morgan fingerprint density at radius 3 is 2.45 bits per heavy atom. The van der Waals surface area contributed by atoms with E-state index in [1.54, 1.807) is 6.33 Å². The second-order valence-electron chi connectivity index (χ2n) is 8.05. The molecule has 0 spiro atoms. The van der Waals surface area contributed by atoms with Gasteiger partial charge in [0.25, 0.3) is 0 Å². The molecule has 0 radical (unpaired) electrons. The number of aromatic nitrogens is 3. The van der Waals surface area contributed by atoms with E-state index in [9.17, 15) is 4.79 Å². The van der Waals surface area contributed by atoms with Gasteiger partial charge in [0.1, 0.15) is 12.2 Å². The van der Waals surface area contributed by atoms with Crippen LogP contribution in [-0.2, 0) is 18.3 Å². The number of hydrogen-bond donors (Lipinski definition) is 1. The first-order valence-corrected chi connectivity index (χ1v) is 8.71. The molecule has 0 saturated heterocycles. The molecule has 4 aliphatic carbocycles. The minimum absolute atomic E-state index is 0.240. The molecule has 1 amide bonds. The highest BCUT2D eigenvalue weighted by molar-refractivity contribution is 5.76. The molecule has 0 aromatic carbocycles. The average Bonchev–Trinajstić information content (AvgIpc) is 2.82. The number of aryl methyl sites for hydroxylation is 1. The normalized spacial score (nSPS) is 35.8. The number of rotatable bonds is 5. The quantitative estimate of drug-likeness (QED) is 0.906. The standard InChI is InChI=1S/C17H26N4O/c1-21-11-19-20-15(21)2-3-18-16(22)10-17-7-12-4-13(8-17)6-14(5-12)9-17/h11-14H,2-10H2,1H3,(H,18,22). The van der Waals surface area contributed by atoms with E-state index in [0.29, 0.717) is 12.0 Å². The largest absolute Gasteiger partial charge is 0.356 e. The molecular weight excluding hydrogens is 276 g/mol. The van der Waals surface area contributed by atoms with Crippen LogP contribution in [0.15, 0.2) is 6.33 Å². The summed E-state index contributed by atoms with van der Waals surface area (Å²) in [5, 5.41) is 11.0. The van der Waals surface area contributed by atoms with Gasteiger partial charge in [0, 0.05) is 26.4 Å². The maximum atomic E-state index is 12.4. The highest BCUT2D eigenvalue weighted by Gasteiger charge is 2.51. The van der Waals surface area contributed by atoms with Crippen molar-refractivity contribution in [2.45, 2.75) is 51.4 Å². The van der Waals surface area contributed by atoms with Gasteiger partial charge in [0.05, 0.1) is 0 Å². The average molecular weight is 302 g/mol. The van der Waals surface area contributed by atoms with Crippen LogP contribution in [0.1, 0.15) is 50.8 Å². The van der Waals surface area contributed by atoms with Gasteiger partial charge in [0.2, 0.25) is 5.91 Å². The number of amides is 1. The molecule has 4 aliphatic rings. The fourth-order valence-corrected chi connectivity index (χ4v) is 5.76. The molecular formula is C17H26N4O. The summed E-state index contributed by atoms with van der Waals surface area (Å²) in [5.41, 5.74) is 0.337. The highest BCUT2D eigenvalue weighted by atomic mass is 16.1. The summed E-state index contributed by atoms with van der Waals surface area (Å²) in [7, 11) is 1.94. The topological polar surface area (TPSA) is 59.8 Å². The first kappa shape index (κ1) is 14.2. The predicted molar refractivity (Wildman–Crippen MR) is 82.9 cm³/mol. The summed E-state index contributed by atoms with van der Waals surface area (Å²) in [5.74, 6) is 3.91. The van der Waals surface area contributed by atoms with E-state index in [1.807, 2.05) is 11.6 Å². The molecule has 22 heavy (non-hydrogen) atoms. The Bertz CT molecular complexity index is 529. The van der Waals surface area contributed by atoms with Crippen LogP contribution in [0.3, 0.4) is 0 Å².